The average Bonchev–Trinajstić information content (AvgIpc) is 2.79. The molecule has 1 aliphatic heterocycles. The van der Waals surface area contributed by atoms with E-state index in [4.69, 9.17) is 4.74 Å². The maximum absolute atomic E-state index is 13.9. The molecule has 3 rings (SSSR count). The second-order valence-electron chi connectivity index (χ2n) is 7.32. The number of rotatable bonds is 6. The predicted molar refractivity (Wildman–Crippen MR) is 111 cm³/mol. The molecule has 1 aliphatic rings. The summed E-state index contributed by atoms with van der Waals surface area (Å²) in [7, 11) is -2.68. The Morgan fingerprint density at radius 2 is 1.72 bits per heavy atom. The Morgan fingerprint density at radius 3 is 2.34 bits per heavy atom. The van der Waals surface area contributed by atoms with E-state index < -0.39 is 44.3 Å². The topological polar surface area (TPSA) is 105 Å². The fraction of sp³-hybridized carbons (Fsp3) is 0.333. The van der Waals surface area contributed by atoms with Crippen molar-refractivity contribution < 1.29 is 31.5 Å². The third-order valence-corrected chi connectivity index (χ3v) is 7.10. The molecule has 1 heterocycles. The van der Waals surface area contributed by atoms with Gasteiger partial charge in [-0.25, -0.2) is 17.2 Å². The number of nitrogens with zero attached hydrogens (tertiary/aromatic N) is 1. The maximum Gasteiger partial charge on any atom is 0.246 e. The number of carbonyl (C=O) groups is 2. The summed E-state index contributed by atoms with van der Waals surface area (Å²) in [6.45, 7) is -0.0632. The van der Waals surface area contributed by atoms with Crippen LogP contribution in [0.2, 0.25) is 0 Å². The average molecular weight is 467 g/mol. The molecule has 32 heavy (non-hydrogen) atoms. The van der Waals surface area contributed by atoms with Gasteiger partial charge in [0.1, 0.15) is 22.3 Å². The Hall–Kier alpha value is -3.05. The van der Waals surface area contributed by atoms with Crippen LogP contribution in [-0.4, -0.2) is 44.7 Å². The first-order valence-electron chi connectivity index (χ1n) is 9.87. The lowest BCUT2D eigenvalue weighted by molar-refractivity contribution is -0.131. The van der Waals surface area contributed by atoms with Crippen molar-refractivity contribution in [3.05, 3.63) is 59.7 Å². The lowest BCUT2D eigenvalue weighted by atomic mass is 9.98. The minimum Gasteiger partial charge on any atom is -0.497 e. The van der Waals surface area contributed by atoms with E-state index in [0.717, 1.165) is 22.0 Å². The molecule has 0 radical (unpaired) electrons. The van der Waals surface area contributed by atoms with E-state index in [1.54, 1.807) is 24.3 Å². The highest BCUT2D eigenvalue weighted by Gasteiger charge is 2.33. The molecule has 0 saturated carbocycles. The monoisotopic (exact) mass is 467 g/mol. The first kappa shape index (κ1) is 23.6. The van der Waals surface area contributed by atoms with Crippen LogP contribution in [0.4, 0.5) is 8.78 Å². The van der Waals surface area contributed by atoms with Gasteiger partial charge in [0, 0.05) is 19.0 Å². The standard InChI is InChI=1S/C21H23F2N3O5S/c1-31-17-5-2-14(3-6-17)12-20(27)24-25-21(28)15-8-10-26(11-9-15)32(29,30)19-13-16(22)4-7-18(19)23/h2-7,13,15H,8-12H2,1H3,(H,24,27)(H,25,28). The number of carbonyl (C=O) groups excluding carboxylic acids is 2. The first-order valence-corrected chi connectivity index (χ1v) is 11.3. The smallest absolute Gasteiger partial charge is 0.246 e. The molecule has 2 N–H and O–H groups in total. The Balaban J connectivity index is 1.49. The Bertz CT molecular complexity index is 1090. The van der Waals surface area contributed by atoms with Crippen molar-refractivity contribution in [3.8, 4) is 5.75 Å². The van der Waals surface area contributed by atoms with E-state index in [-0.39, 0.29) is 32.4 Å². The molecular formula is C21H23F2N3O5S. The van der Waals surface area contributed by atoms with Crippen molar-refractivity contribution in [1.29, 1.82) is 0 Å². The third kappa shape index (κ3) is 5.60. The van der Waals surface area contributed by atoms with Gasteiger partial charge >= 0.3 is 0 Å². The molecule has 0 spiro atoms. The number of amides is 2. The normalized spacial score (nSPS) is 15.2. The van der Waals surface area contributed by atoms with Gasteiger partial charge < -0.3 is 4.74 Å². The molecule has 0 bridgehead atoms. The molecule has 0 atom stereocenters. The van der Waals surface area contributed by atoms with E-state index in [2.05, 4.69) is 10.9 Å². The van der Waals surface area contributed by atoms with Gasteiger partial charge in [-0.3, -0.25) is 20.4 Å². The molecule has 11 heteroatoms. The van der Waals surface area contributed by atoms with E-state index in [9.17, 15) is 26.8 Å². The van der Waals surface area contributed by atoms with Gasteiger partial charge in [-0.2, -0.15) is 4.31 Å². The maximum atomic E-state index is 13.9. The molecule has 2 aromatic carbocycles. The lowest BCUT2D eigenvalue weighted by Crippen LogP contribution is -2.48. The second-order valence-corrected chi connectivity index (χ2v) is 9.22. The number of hydrogen-bond donors (Lipinski definition) is 2. The number of nitrogens with one attached hydrogen (secondary N) is 2. The zero-order chi connectivity index (χ0) is 23.3. The molecule has 172 valence electrons. The number of methoxy groups -OCH3 is 1. The predicted octanol–water partition coefficient (Wildman–Crippen LogP) is 1.76. The van der Waals surface area contributed by atoms with Gasteiger partial charge in [-0.05, 0) is 48.7 Å². The van der Waals surface area contributed by atoms with Gasteiger partial charge in [-0.1, -0.05) is 12.1 Å². The molecule has 0 aliphatic carbocycles. The first-order chi connectivity index (χ1) is 15.2. The Labute approximate surface area is 184 Å². The van der Waals surface area contributed by atoms with E-state index in [0.29, 0.717) is 11.8 Å². The summed E-state index contributed by atoms with van der Waals surface area (Å²) in [6, 6.07) is 9.15. The van der Waals surface area contributed by atoms with E-state index >= 15 is 0 Å². The molecule has 1 saturated heterocycles. The highest BCUT2D eigenvalue weighted by atomic mass is 32.2. The highest BCUT2D eigenvalue weighted by Crippen LogP contribution is 2.26. The number of benzene rings is 2. The quantitative estimate of drug-likeness (QED) is 0.630. The SMILES string of the molecule is COc1ccc(CC(=O)NNC(=O)C2CCN(S(=O)(=O)c3cc(F)ccc3F)CC2)cc1. The zero-order valence-corrected chi connectivity index (χ0v) is 18.1. The van der Waals surface area contributed by atoms with Crippen LogP contribution in [0.3, 0.4) is 0 Å². The summed E-state index contributed by atoms with van der Waals surface area (Å²) in [4.78, 5) is 23.7. The molecule has 2 aromatic rings. The summed E-state index contributed by atoms with van der Waals surface area (Å²) >= 11 is 0. The zero-order valence-electron chi connectivity index (χ0n) is 17.3. The van der Waals surface area contributed by atoms with Crippen LogP contribution in [0, 0.1) is 17.6 Å². The summed E-state index contributed by atoms with van der Waals surface area (Å²) < 4.78 is 58.6. The van der Waals surface area contributed by atoms with Crippen molar-refractivity contribution in [2.75, 3.05) is 20.2 Å². The van der Waals surface area contributed by atoms with Gasteiger partial charge in [0.15, 0.2) is 0 Å². The molecule has 0 unspecified atom stereocenters. The highest BCUT2D eigenvalue weighted by molar-refractivity contribution is 7.89. The van der Waals surface area contributed by atoms with E-state index in [1.165, 1.54) is 7.11 Å². The molecule has 1 fully saturated rings. The summed E-state index contributed by atoms with van der Waals surface area (Å²) in [5.74, 6) is -2.61. The fourth-order valence-corrected chi connectivity index (χ4v) is 4.92. The largest absolute Gasteiger partial charge is 0.497 e. The van der Waals surface area contributed by atoms with Crippen LogP contribution in [0.1, 0.15) is 18.4 Å². The minimum atomic E-state index is -4.22. The van der Waals surface area contributed by atoms with Gasteiger partial charge in [0.25, 0.3) is 0 Å². The molecule has 8 nitrogen and oxygen atoms in total. The van der Waals surface area contributed by atoms with Crippen LogP contribution < -0.4 is 15.6 Å². The number of halogens is 2. The van der Waals surface area contributed by atoms with Crippen LogP contribution in [0.25, 0.3) is 0 Å². The number of sulfonamides is 1. The number of piperidine rings is 1. The van der Waals surface area contributed by atoms with Crippen molar-refractivity contribution in [2.24, 2.45) is 5.92 Å². The minimum absolute atomic E-state index is 0.0316. The van der Waals surface area contributed by atoms with Crippen LogP contribution in [0.15, 0.2) is 47.4 Å². The van der Waals surface area contributed by atoms with Crippen LogP contribution >= 0.6 is 0 Å². The summed E-state index contributed by atoms with van der Waals surface area (Å²) in [5, 5.41) is 0. The molecule has 0 aromatic heterocycles. The van der Waals surface area contributed by atoms with Crippen LogP contribution in [-0.2, 0) is 26.0 Å². The van der Waals surface area contributed by atoms with Crippen molar-refractivity contribution in [1.82, 2.24) is 15.2 Å². The second kappa shape index (κ2) is 10.0. The van der Waals surface area contributed by atoms with Crippen LogP contribution in [0.5, 0.6) is 5.75 Å². The number of hydrazine groups is 1. The van der Waals surface area contributed by atoms with Gasteiger partial charge in [-0.15, -0.1) is 0 Å². The lowest BCUT2D eigenvalue weighted by Gasteiger charge is -2.30. The fourth-order valence-electron chi connectivity index (χ4n) is 3.38. The van der Waals surface area contributed by atoms with Gasteiger partial charge in [0.2, 0.25) is 21.8 Å². The Kier molecular flexibility index (Phi) is 7.41. The van der Waals surface area contributed by atoms with E-state index in [1.807, 2.05) is 0 Å². The summed E-state index contributed by atoms with van der Waals surface area (Å²) in [6.07, 6.45) is 0.410. The summed E-state index contributed by atoms with van der Waals surface area (Å²) in [5.41, 5.74) is 5.44. The Morgan fingerprint density at radius 1 is 1.06 bits per heavy atom. The van der Waals surface area contributed by atoms with Crippen molar-refractivity contribution >= 4 is 21.8 Å². The van der Waals surface area contributed by atoms with Crippen molar-refractivity contribution in [3.63, 3.8) is 0 Å². The van der Waals surface area contributed by atoms with Gasteiger partial charge in [0.05, 0.1) is 13.5 Å². The van der Waals surface area contributed by atoms with Crippen molar-refractivity contribution in [2.45, 2.75) is 24.2 Å². The number of ether oxygens (including phenoxy) is 1. The number of hydrogen-bond acceptors (Lipinski definition) is 5. The third-order valence-electron chi connectivity index (χ3n) is 5.18. The molecule has 2 amide bonds. The molecular weight excluding hydrogens is 444 g/mol.